The van der Waals surface area contributed by atoms with Gasteiger partial charge in [-0.15, -0.1) is 0 Å². The first-order chi connectivity index (χ1) is 6.41. The average Bonchev–Trinajstić information content (AvgIpc) is 2.03. The maximum atomic E-state index is 10.6. The lowest BCUT2D eigenvalue weighted by Crippen LogP contribution is -2.05. The van der Waals surface area contributed by atoms with Gasteiger partial charge in [0.15, 0.2) is 0 Å². The molecule has 1 N–H and O–H groups in total. The van der Waals surface area contributed by atoms with E-state index in [-0.39, 0.29) is 13.0 Å². The maximum Gasteiger partial charge on any atom is 0.333 e. The summed E-state index contributed by atoms with van der Waals surface area (Å²) in [5.74, 6) is -0.435. The molecule has 80 valence electrons. The van der Waals surface area contributed by atoms with Crippen LogP contribution in [-0.2, 0) is 20.9 Å². The molecule has 0 fully saturated rings. The van der Waals surface area contributed by atoms with E-state index in [1.54, 1.807) is 6.92 Å². The Kier molecular flexibility index (Phi) is 10.7. The molecule has 0 aromatic rings. The van der Waals surface area contributed by atoms with Crippen molar-refractivity contribution in [2.45, 2.75) is 13.3 Å². The van der Waals surface area contributed by atoms with E-state index in [0.717, 1.165) is 0 Å². The highest BCUT2D eigenvalue weighted by molar-refractivity contribution is 7.73. The van der Waals surface area contributed by atoms with Crippen molar-refractivity contribution in [3.05, 3.63) is 12.2 Å². The van der Waals surface area contributed by atoms with Crippen molar-refractivity contribution in [2.75, 3.05) is 6.61 Å². The fraction of sp³-hybridized carbons (Fsp3) is 0.429. The Bertz CT molecular complexity index is 253. The van der Waals surface area contributed by atoms with Crippen molar-refractivity contribution >= 4 is 17.3 Å². The number of nitrogens with zero attached hydrogens (tertiary/aromatic N) is 1. The van der Waals surface area contributed by atoms with E-state index in [0.29, 0.717) is 5.57 Å². The predicted molar refractivity (Wildman–Crippen MR) is 47.6 cm³/mol. The summed E-state index contributed by atoms with van der Waals surface area (Å²) in [5.41, 5.74) is 0.359. The molecule has 0 saturated carbocycles. The number of nitriles is 1. The average molecular weight is 220 g/mol. The summed E-state index contributed by atoms with van der Waals surface area (Å²) in [6, 6.07) is 1.86. The molecule has 0 radical (unpaired) electrons. The van der Waals surface area contributed by atoms with Crippen LogP contribution < -0.4 is 0 Å². The third kappa shape index (κ3) is 17.0. The van der Waals surface area contributed by atoms with Crippen LogP contribution in [-0.4, -0.2) is 25.9 Å². The molecule has 0 aromatic carbocycles. The van der Waals surface area contributed by atoms with Crippen LogP contribution in [0.15, 0.2) is 12.2 Å². The Balaban J connectivity index is 0. The number of rotatable bonds is 3. The van der Waals surface area contributed by atoms with Gasteiger partial charge in [-0.25, -0.2) is 9.00 Å². The second-order valence-corrected chi connectivity index (χ2v) is 2.48. The van der Waals surface area contributed by atoms with Crippen LogP contribution in [0.2, 0.25) is 0 Å². The van der Waals surface area contributed by atoms with Gasteiger partial charge in [0.1, 0.15) is 6.61 Å². The van der Waals surface area contributed by atoms with E-state index in [9.17, 15) is 4.79 Å². The molecular formula is C7H10NO5S-. The first-order valence-electron chi connectivity index (χ1n) is 3.39. The second kappa shape index (κ2) is 9.85. The minimum atomic E-state index is -2.86. The van der Waals surface area contributed by atoms with Crippen LogP contribution in [0.4, 0.5) is 0 Å². The zero-order valence-corrected chi connectivity index (χ0v) is 8.37. The van der Waals surface area contributed by atoms with Crippen molar-refractivity contribution < 1.29 is 22.8 Å². The van der Waals surface area contributed by atoms with Crippen molar-refractivity contribution in [3.8, 4) is 6.07 Å². The maximum absolute atomic E-state index is 10.6. The monoisotopic (exact) mass is 220 g/mol. The molecule has 14 heavy (non-hydrogen) atoms. The molecule has 6 nitrogen and oxygen atoms in total. The number of hydrogen-bond donors (Lipinski definition) is 1. The van der Waals surface area contributed by atoms with Crippen molar-refractivity contribution in [2.24, 2.45) is 0 Å². The molecule has 1 atom stereocenters. The van der Waals surface area contributed by atoms with Gasteiger partial charge in [0.2, 0.25) is 0 Å². The zero-order valence-electron chi connectivity index (χ0n) is 7.56. The van der Waals surface area contributed by atoms with Crippen LogP contribution in [0.1, 0.15) is 13.3 Å². The van der Waals surface area contributed by atoms with Gasteiger partial charge in [0, 0.05) is 5.57 Å². The van der Waals surface area contributed by atoms with Gasteiger partial charge in [0.25, 0.3) is 0 Å². The lowest BCUT2D eigenvalue weighted by atomic mass is 10.4. The Morgan fingerprint density at radius 1 is 1.79 bits per heavy atom. The number of hydrogen-bond acceptors (Lipinski definition) is 5. The van der Waals surface area contributed by atoms with Gasteiger partial charge < -0.3 is 13.8 Å². The summed E-state index contributed by atoms with van der Waals surface area (Å²) in [5, 5.41) is 8.05. The topological polar surface area (TPSA) is 110 Å². The first-order valence-corrected chi connectivity index (χ1v) is 4.43. The lowest BCUT2D eigenvalue weighted by Gasteiger charge is -1.98. The quantitative estimate of drug-likeness (QED) is 0.318. The highest BCUT2D eigenvalue weighted by Gasteiger charge is 2.00. The first kappa shape index (κ1) is 15.3. The van der Waals surface area contributed by atoms with Crippen LogP contribution in [0.25, 0.3) is 0 Å². The van der Waals surface area contributed by atoms with Crippen LogP contribution in [0.3, 0.4) is 0 Å². The fourth-order valence-electron chi connectivity index (χ4n) is 0.313. The van der Waals surface area contributed by atoms with Gasteiger partial charge in [-0.2, -0.15) is 5.26 Å². The molecular weight excluding hydrogens is 210 g/mol. The third-order valence-corrected chi connectivity index (χ3v) is 0.795. The van der Waals surface area contributed by atoms with Crippen LogP contribution in [0, 0.1) is 11.3 Å². The summed E-state index contributed by atoms with van der Waals surface area (Å²) in [6.45, 7) is 5.10. The predicted octanol–water partition coefficient (Wildman–Crippen LogP) is 0.358. The van der Waals surface area contributed by atoms with E-state index in [2.05, 4.69) is 11.3 Å². The molecule has 0 heterocycles. The Morgan fingerprint density at radius 3 is 2.50 bits per heavy atom. The summed E-state index contributed by atoms with van der Waals surface area (Å²) >= 11 is -2.86. The number of carbonyl (C=O) groups is 1. The van der Waals surface area contributed by atoms with Crippen molar-refractivity contribution in [1.82, 2.24) is 0 Å². The van der Waals surface area contributed by atoms with E-state index in [1.807, 2.05) is 6.07 Å². The smallest absolute Gasteiger partial charge is 0.333 e. The Labute approximate surface area is 84.3 Å². The molecule has 0 amide bonds. The highest BCUT2D eigenvalue weighted by Crippen LogP contribution is 1.91. The van der Waals surface area contributed by atoms with Gasteiger partial charge in [0.05, 0.1) is 23.9 Å². The van der Waals surface area contributed by atoms with E-state index in [4.69, 9.17) is 18.6 Å². The van der Waals surface area contributed by atoms with Gasteiger partial charge >= 0.3 is 5.97 Å². The van der Waals surface area contributed by atoms with Gasteiger partial charge in [-0.05, 0) is 6.92 Å². The molecule has 0 bridgehead atoms. The van der Waals surface area contributed by atoms with E-state index < -0.39 is 17.3 Å². The molecule has 0 aliphatic rings. The van der Waals surface area contributed by atoms with Gasteiger partial charge in [-0.3, -0.25) is 0 Å². The number of carbonyl (C=O) groups excluding carboxylic acids is 1. The standard InChI is InChI=1S/C7H9NO2.H2O3S/c1-6(2)7(9)10-5-3-4-8;1-4(2)3/h1,3,5H2,2H3;(H2,1,2,3)/p-1. The lowest BCUT2D eigenvalue weighted by molar-refractivity contribution is -0.138. The minimum Gasteiger partial charge on any atom is -0.750 e. The van der Waals surface area contributed by atoms with E-state index >= 15 is 0 Å². The largest absolute Gasteiger partial charge is 0.750 e. The molecule has 7 heteroatoms. The number of esters is 1. The normalized spacial score (nSPS) is 10.1. The van der Waals surface area contributed by atoms with Crippen LogP contribution in [0.5, 0.6) is 0 Å². The summed E-state index contributed by atoms with van der Waals surface area (Å²) in [7, 11) is 0. The van der Waals surface area contributed by atoms with Crippen LogP contribution >= 0.6 is 0 Å². The molecule has 0 aromatic heterocycles. The molecule has 0 aliphatic heterocycles. The molecule has 1 unspecified atom stereocenters. The van der Waals surface area contributed by atoms with E-state index in [1.165, 1.54) is 0 Å². The molecule has 0 rings (SSSR count). The SMILES string of the molecule is C=C(C)C(=O)OCCC#N.O=S([O-])O. The zero-order chi connectivity index (χ0) is 11.6. The minimum absolute atomic E-state index is 0.155. The summed E-state index contributed by atoms with van der Waals surface area (Å²) < 4.78 is 28.7. The second-order valence-electron chi connectivity index (χ2n) is 2.04. The molecule has 0 saturated heterocycles. The third-order valence-electron chi connectivity index (χ3n) is 0.795. The van der Waals surface area contributed by atoms with Gasteiger partial charge in [-0.1, -0.05) is 6.58 Å². The summed E-state index contributed by atoms with van der Waals surface area (Å²) in [6.07, 6.45) is 0.235. The highest BCUT2D eigenvalue weighted by atomic mass is 32.2. The Morgan fingerprint density at radius 2 is 2.21 bits per heavy atom. The molecule has 0 spiro atoms. The fourth-order valence-corrected chi connectivity index (χ4v) is 0.313. The molecule has 0 aliphatic carbocycles. The van der Waals surface area contributed by atoms with Crippen molar-refractivity contribution in [1.29, 1.82) is 5.26 Å². The Hall–Kier alpha value is -1.23. The number of ether oxygens (including phenoxy) is 1. The summed E-state index contributed by atoms with van der Waals surface area (Å²) in [4.78, 5) is 10.6. The van der Waals surface area contributed by atoms with Crippen molar-refractivity contribution in [3.63, 3.8) is 0 Å².